The molecule has 1 fully saturated rings. The van der Waals surface area contributed by atoms with Crippen LogP contribution < -0.4 is 15.4 Å². The molecule has 0 radical (unpaired) electrons. The molecule has 1 unspecified atom stereocenters. The normalized spacial score (nSPS) is 17.0. The number of carbonyl (C=O) groups is 2. The van der Waals surface area contributed by atoms with Crippen molar-refractivity contribution in [1.29, 1.82) is 0 Å². The highest BCUT2D eigenvalue weighted by Crippen LogP contribution is 2.20. The maximum absolute atomic E-state index is 12.0. The van der Waals surface area contributed by atoms with Gasteiger partial charge in [0.15, 0.2) is 0 Å². The van der Waals surface area contributed by atoms with Gasteiger partial charge in [-0.3, -0.25) is 9.59 Å². The van der Waals surface area contributed by atoms with Crippen molar-refractivity contribution in [3.8, 4) is 5.75 Å². The Bertz CT molecular complexity index is 604. The van der Waals surface area contributed by atoms with E-state index in [0.717, 1.165) is 25.2 Å². The van der Waals surface area contributed by atoms with Gasteiger partial charge in [-0.1, -0.05) is 26.8 Å². The molecular weight excluding hydrogens is 332 g/mol. The van der Waals surface area contributed by atoms with E-state index in [-0.39, 0.29) is 17.9 Å². The lowest BCUT2D eigenvalue weighted by Gasteiger charge is -2.17. The van der Waals surface area contributed by atoms with Crippen molar-refractivity contribution in [2.75, 3.05) is 25.1 Å². The van der Waals surface area contributed by atoms with Crippen LogP contribution in [0.3, 0.4) is 0 Å². The molecule has 0 aliphatic carbocycles. The van der Waals surface area contributed by atoms with E-state index < -0.39 is 5.41 Å². The minimum Gasteiger partial charge on any atom is -0.491 e. The van der Waals surface area contributed by atoms with Crippen molar-refractivity contribution in [2.24, 2.45) is 5.41 Å². The Balaban J connectivity index is 1.69. The number of amides is 2. The molecule has 0 aromatic heterocycles. The minimum absolute atomic E-state index is 0.00556. The first-order valence-corrected chi connectivity index (χ1v) is 9.27. The van der Waals surface area contributed by atoms with Gasteiger partial charge in [-0.2, -0.15) is 0 Å². The maximum Gasteiger partial charge on any atom is 0.225 e. The molecule has 2 rings (SSSR count). The zero-order chi connectivity index (χ0) is 19.0. The van der Waals surface area contributed by atoms with Crippen molar-refractivity contribution in [3.63, 3.8) is 0 Å². The molecule has 1 aromatic rings. The molecule has 0 saturated carbocycles. The van der Waals surface area contributed by atoms with Crippen LogP contribution in [0.5, 0.6) is 5.75 Å². The Morgan fingerprint density at radius 2 is 2.12 bits per heavy atom. The summed E-state index contributed by atoms with van der Waals surface area (Å²) in [5.41, 5.74) is 0.297. The first kappa shape index (κ1) is 20.2. The number of anilines is 1. The molecule has 144 valence electrons. The molecule has 1 saturated heterocycles. The van der Waals surface area contributed by atoms with E-state index in [1.807, 2.05) is 45.0 Å². The van der Waals surface area contributed by atoms with Crippen molar-refractivity contribution < 1.29 is 19.1 Å². The van der Waals surface area contributed by atoms with Crippen molar-refractivity contribution in [1.82, 2.24) is 5.32 Å². The van der Waals surface area contributed by atoms with Crippen LogP contribution >= 0.6 is 0 Å². The highest BCUT2D eigenvalue weighted by molar-refractivity contribution is 5.90. The summed E-state index contributed by atoms with van der Waals surface area (Å²) in [7, 11) is 0. The summed E-state index contributed by atoms with van der Waals surface area (Å²) in [4.78, 5) is 23.8. The second kappa shape index (κ2) is 9.57. The van der Waals surface area contributed by atoms with Crippen molar-refractivity contribution in [2.45, 2.75) is 52.6 Å². The third kappa shape index (κ3) is 7.04. The van der Waals surface area contributed by atoms with Crippen molar-refractivity contribution in [3.05, 3.63) is 24.3 Å². The van der Waals surface area contributed by atoms with Gasteiger partial charge < -0.3 is 20.1 Å². The number of hydrogen-bond acceptors (Lipinski definition) is 4. The van der Waals surface area contributed by atoms with Crippen LogP contribution in [0.25, 0.3) is 0 Å². The monoisotopic (exact) mass is 362 g/mol. The molecule has 6 heteroatoms. The van der Waals surface area contributed by atoms with Crippen LogP contribution in [0, 0.1) is 5.41 Å². The quantitative estimate of drug-likeness (QED) is 0.697. The first-order chi connectivity index (χ1) is 12.3. The van der Waals surface area contributed by atoms with Crippen LogP contribution in [-0.4, -0.2) is 37.7 Å². The van der Waals surface area contributed by atoms with Gasteiger partial charge in [-0.15, -0.1) is 0 Å². The van der Waals surface area contributed by atoms with Gasteiger partial charge in [0, 0.05) is 36.7 Å². The number of nitrogens with one attached hydrogen (secondary N) is 2. The van der Waals surface area contributed by atoms with Crippen molar-refractivity contribution >= 4 is 17.5 Å². The highest BCUT2D eigenvalue weighted by Gasteiger charge is 2.20. The predicted molar refractivity (Wildman–Crippen MR) is 101 cm³/mol. The van der Waals surface area contributed by atoms with Gasteiger partial charge in [-0.05, 0) is 31.4 Å². The summed E-state index contributed by atoms with van der Waals surface area (Å²) in [6, 6.07) is 7.36. The van der Waals surface area contributed by atoms with Crippen LogP contribution in [0.2, 0.25) is 0 Å². The molecule has 6 nitrogen and oxygen atoms in total. The van der Waals surface area contributed by atoms with Gasteiger partial charge in [0.25, 0.3) is 0 Å². The zero-order valence-electron chi connectivity index (χ0n) is 16.0. The predicted octanol–water partition coefficient (Wildman–Crippen LogP) is 3.13. The fraction of sp³-hybridized carbons (Fsp3) is 0.600. The smallest absolute Gasteiger partial charge is 0.225 e. The average Bonchev–Trinajstić information content (AvgIpc) is 3.09. The van der Waals surface area contributed by atoms with Crippen LogP contribution in [-0.2, 0) is 14.3 Å². The molecule has 0 spiro atoms. The highest BCUT2D eigenvalue weighted by atomic mass is 16.5. The lowest BCUT2D eigenvalue weighted by Crippen LogP contribution is -2.35. The van der Waals surface area contributed by atoms with Gasteiger partial charge in [-0.25, -0.2) is 0 Å². The van der Waals surface area contributed by atoms with Crippen LogP contribution in [0.4, 0.5) is 5.69 Å². The number of hydrogen-bond donors (Lipinski definition) is 2. The molecule has 1 heterocycles. The topological polar surface area (TPSA) is 76.7 Å². The molecule has 26 heavy (non-hydrogen) atoms. The fourth-order valence-corrected chi connectivity index (χ4v) is 2.57. The number of benzene rings is 1. The van der Waals surface area contributed by atoms with Gasteiger partial charge in [0.2, 0.25) is 11.8 Å². The van der Waals surface area contributed by atoms with E-state index >= 15 is 0 Å². The van der Waals surface area contributed by atoms with Gasteiger partial charge in [0.1, 0.15) is 12.4 Å². The SMILES string of the molecule is CC(C)(C)C(=O)NCCCC(=O)Nc1cccc(OCC2CCCO2)c1. The Kier molecular flexibility index (Phi) is 7.45. The summed E-state index contributed by atoms with van der Waals surface area (Å²) in [5.74, 6) is 0.635. The number of rotatable bonds is 8. The average molecular weight is 362 g/mol. The largest absolute Gasteiger partial charge is 0.491 e. The molecule has 1 aromatic carbocycles. The molecule has 2 amide bonds. The van der Waals surface area contributed by atoms with E-state index in [1.165, 1.54) is 0 Å². The third-order valence-corrected chi connectivity index (χ3v) is 4.13. The summed E-state index contributed by atoms with van der Waals surface area (Å²) in [5, 5.41) is 5.71. The molecule has 1 aliphatic rings. The lowest BCUT2D eigenvalue weighted by atomic mass is 9.96. The summed E-state index contributed by atoms with van der Waals surface area (Å²) in [6.07, 6.45) is 3.23. The Morgan fingerprint density at radius 3 is 2.81 bits per heavy atom. The van der Waals surface area contributed by atoms with E-state index in [2.05, 4.69) is 10.6 Å². The summed E-state index contributed by atoms with van der Waals surface area (Å²) >= 11 is 0. The zero-order valence-corrected chi connectivity index (χ0v) is 16.0. The fourth-order valence-electron chi connectivity index (χ4n) is 2.57. The molecule has 2 N–H and O–H groups in total. The van der Waals surface area contributed by atoms with Gasteiger partial charge in [0.05, 0.1) is 6.10 Å². The second-order valence-electron chi connectivity index (χ2n) is 7.63. The van der Waals surface area contributed by atoms with E-state index in [9.17, 15) is 9.59 Å². The first-order valence-electron chi connectivity index (χ1n) is 9.27. The minimum atomic E-state index is -0.410. The standard InChI is InChI=1S/C20H30N2O4/c1-20(2,3)19(24)21-11-5-10-18(23)22-15-7-4-8-16(13-15)26-14-17-9-6-12-25-17/h4,7-8,13,17H,5-6,9-12,14H2,1-3H3,(H,21,24)(H,22,23). The Hall–Kier alpha value is -2.08. The Morgan fingerprint density at radius 1 is 1.31 bits per heavy atom. The van der Waals surface area contributed by atoms with E-state index in [0.29, 0.717) is 31.7 Å². The second-order valence-corrected chi connectivity index (χ2v) is 7.63. The third-order valence-electron chi connectivity index (χ3n) is 4.13. The number of carbonyl (C=O) groups excluding carboxylic acids is 2. The maximum atomic E-state index is 12.0. The van der Waals surface area contributed by atoms with E-state index in [1.54, 1.807) is 0 Å². The number of ether oxygens (including phenoxy) is 2. The molecule has 0 bridgehead atoms. The lowest BCUT2D eigenvalue weighted by molar-refractivity contribution is -0.128. The Labute approximate surface area is 155 Å². The summed E-state index contributed by atoms with van der Waals surface area (Å²) < 4.78 is 11.3. The van der Waals surface area contributed by atoms with Crippen LogP contribution in [0.1, 0.15) is 46.5 Å². The molecule has 1 aliphatic heterocycles. The summed E-state index contributed by atoms with van der Waals surface area (Å²) in [6.45, 7) is 7.42. The van der Waals surface area contributed by atoms with Gasteiger partial charge >= 0.3 is 0 Å². The molecular formula is C20H30N2O4. The van der Waals surface area contributed by atoms with Crippen LogP contribution in [0.15, 0.2) is 24.3 Å². The molecule has 1 atom stereocenters. The van der Waals surface area contributed by atoms with E-state index in [4.69, 9.17) is 9.47 Å².